The van der Waals surface area contributed by atoms with E-state index in [1.807, 2.05) is 54.6 Å². The van der Waals surface area contributed by atoms with Gasteiger partial charge in [-0.15, -0.1) is 0 Å². The molecule has 122 valence electrons. The second-order valence-corrected chi connectivity index (χ2v) is 6.35. The molecule has 0 amide bonds. The van der Waals surface area contributed by atoms with Gasteiger partial charge in [0.1, 0.15) is 11.5 Å². The van der Waals surface area contributed by atoms with Crippen molar-refractivity contribution in [2.24, 2.45) is 0 Å². The zero-order valence-electron chi connectivity index (χ0n) is 13.4. The van der Waals surface area contributed by atoms with Crippen molar-refractivity contribution in [1.82, 2.24) is 0 Å². The molecule has 3 aromatic rings. The molecule has 0 aromatic heterocycles. The molecular weight excluding hydrogens is 318 g/mol. The molecule has 0 heterocycles. The van der Waals surface area contributed by atoms with Gasteiger partial charge in [0.2, 0.25) is 0 Å². The van der Waals surface area contributed by atoms with E-state index in [9.17, 15) is 5.11 Å². The third kappa shape index (κ3) is 4.03. The van der Waals surface area contributed by atoms with E-state index in [1.54, 1.807) is 13.2 Å². The minimum absolute atomic E-state index is 0.272. The van der Waals surface area contributed by atoms with Crippen LogP contribution in [0.15, 0.2) is 82.6 Å². The summed E-state index contributed by atoms with van der Waals surface area (Å²) in [4.78, 5) is 1.86. The lowest BCUT2D eigenvalue weighted by Gasteiger charge is -2.13. The number of phenols is 1. The van der Waals surface area contributed by atoms with Gasteiger partial charge < -0.3 is 15.2 Å². The SMILES string of the molecule is COc1ccc(Sc2c(O)cccc2NCc2ccccc2)cc1. The Morgan fingerprint density at radius 3 is 2.38 bits per heavy atom. The molecule has 0 radical (unpaired) electrons. The van der Waals surface area contributed by atoms with Gasteiger partial charge in [-0.05, 0) is 42.0 Å². The molecule has 3 rings (SSSR count). The van der Waals surface area contributed by atoms with Crippen molar-refractivity contribution >= 4 is 17.4 Å². The fraction of sp³-hybridized carbons (Fsp3) is 0.100. The maximum Gasteiger partial charge on any atom is 0.131 e. The van der Waals surface area contributed by atoms with Crippen LogP contribution in [-0.2, 0) is 6.54 Å². The molecule has 0 fully saturated rings. The number of hydrogen-bond acceptors (Lipinski definition) is 4. The fourth-order valence-electron chi connectivity index (χ4n) is 2.33. The third-order valence-corrected chi connectivity index (χ3v) is 4.74. The van der Waals surface area contributed by atoms with Crippen molar-refractivity contribution in [3.8, 4) is 11.5 Å². The van der Waals surface area contributed by atoms with Crippen LogP contribution in [0.5, 0.6) is 11.5 Å². The van der Waals surface area contributed by atoms with Gasteiger partial charge in [0.05, 0.1) is 17.7 Å². The molecular formula is C20H19NO2S. The molecule has 0 bridgehead atoms. The highest BCUT2D eigenvalue weighted by molar-refractivity contribution is 7.99. The second kappa shape index (κ2) is 7.79. The van der Waals surface area contributed by atoms with Gasteiger partial charge in [-0.3, -0.25) is 0 Å². The van der Waals surface area contributed by atoms with Gasteiger partial charge in [-0.2, -0.15) is 0 Å². The van der Waals surface area contributed by atoms with E-state index < -0.39 is 0 Å². The van der Waals surface area contributed by atoms with Gasteiger partial charge in [0.15, 0.2) is 0 Å². The molecule has 0 saturated heterocycles. The van der Waals surface area contributed by atoms with Crippen LogP contribution in [-0.4, -0.2) is 12.2 Å². The number of anilines is 1. The van der Waals surface area contributed by atoms with Gasteiger partial charge in [-0.25, -0.2) is 0 Å². The third-order valence-electron chi connectivity index (χ3n) is 3.60. The monoisotopic (exact) mass is 337 g/mol. The van der Waals surface area contributed by atoms with E-state index in [-0.39, 0.29) is 5.75 Å². The first-order valence-corrected chi connectivity index (χ1v) is 8.49. The van der Waals surface area contributed by atoms with Crippen LogP contribution in [0.2, 0.25) is 0 Å². The maximum atomic E-state index is 10.3. The second-order valence-electron chi connectivity index (χ2n) is 5.27. The van der Waals surface area contributed by atoms with Gasteiger partial charge in [0.25, 0.3) is 0 Å². The predicted molar refractivity (Wildman–Crippen MR) is 99.0 cm³/mol. The molecule has 24 heavy (non-hydrogen) atoms. The number of rotatable bonds is 6. The fourth-order valence-corrected chi connectivity index (χ4v) is 3.26. The summed E-state index contributed by atoms with van der Waals surface area (Å²) in [5, 5.41) is 13.7. The zero-order valence-corrected chi connectivity index (χ0v) is 14.2. The van der Waals surface area contributed by atoms with Crippen molar-refractivity contribution in [2.45, 2.75) is 16.3 Å². The Morgan fingerprint density at radius 2 is 1.67 bits per heavy atom. The Labute approximate surface area is 146 Å². The Kier molecular flexibility index (Phi) is 5.29. The first-order valence-electron chi connectivity index (χ1n) is 7.68. The number of aromatic hydroxyl groups is 1. The summed E-state index contributed by atoms with van der Waals surface area (Å²) in [5.74, 6) is 1.09. The molecule has 4 heteroatoms. The van der Waals surface area contributed by atoms with Crippen molar-refractivity contribution in [3.05, 3.63) is 78.4 Å². The van der Waals surface area contributed by atoms with E-state index in [0.717, 1.165) is 21.2 Å². The summed E-state index contributed by atoms with van der Waals surface area (Å²) in [6, 6.07) is 23.5. The van der Waals surface area contributed by atoms with E-state index in [4.69, 9.17) is 4.74 Å². The predicted octanol–water partition coefficient (Wildman–Crippen LogP) is 5.16. The Morgan fingerprint density at radius 1 is 0.917 bits per heavy atom. The number of ether oxygens (including phenoxy) is 1. The number of nitrogens with one attached hydrogen (secondary N) is 1. The summed E-state index contributed by atoms with van der Waals surface area (Å²) < 4.78 is 5.18. The summed E-state index contributed by atoms with van der Waals surface area (Å²) in [6.45, 7) is 0.709. The number of methoxy groups -OCH3 is 1. The summed E-state index contributed by atoms with van der Waals surface area (Å²) in [5.41, 5.74) is 2.11. The van der Waals surface area contributed by atoms with Crippen LogP contribution in [0, 0.1) is 0 Å². The van der Waals surface area contributed by atoms with Crippen molar-refractivity contribution in [3.63, 3.8) is 0 Å². The van der Waals surface area contributed by atoms with Crippen LogP contribution in [0.4, 0.5) is 5.69 Å². The lowest BCUT2D eigenvalue weighted by molar-refractivity contribution is 0.414. The van der Waals surface area contributed by atoms with Crippen LogP contribution in [0.3, 0.4) is 0 Å². The Hall–Kier alpha value is -2.59. The topological polar surface area (TPSA) is 41.5 Å². The first kappa shape index (κ1) is 16.3. The van der Waals surface area contributed by atoms with Crippen LogP contribution in [0.1, 0.15) is 5.56 Å². The average Bonchev–Trinajstić information content (AvgIpc) is 2.63. The minimum Gasteiger partial charge on any atom is -0.507 e. The molecule has 0 spiro atoms. The molecule has 0 aliphatic carbocycles. The summed E-state index contributed by atoms with van der Waals surface area (Å²) in [6.07, 6.45) is 0. The zero-order chi connectivity index (χ0) is 16.8. The molecule has 0 unspecified atom stereocenters. The molecule has 3 aromatic carbocycles. The van der Waals surface area contributed by atoms with Crippen LogP contribution in [0.25, 0.3) is 0 Å². The number of phenolic OH excluding ortho intramolecular Hbond substituents is 1. The van der Waals surface area contributed by atoms with Crippen molar-refractivity contribution in [1.29, 1.82) is 0 Å². The number of hydrogen-bond donors (Lipinski definition) is 2. The maximum absolute atomic E-state index is 10.3. The van der Waals surface area contributed by atoms with Crippen molar-refractivity contribution < 1.29 is 9.84 Å². The summed E-state index contributed by atoms with van der Waals surface area (Å²) >= 11 is 1.53. The molecule has 0 aliphatic heterocycles. The Balaban J connectivity index is 1.78. The first-order chi connectivity index (χ1) is 11.8. The van der Waals surface area contributed by atoms with E-state index in [0.29, 0.717) is 6.54 Å². The lowest BCUT2D eigenvalue weighted by Crippen LogP contribution is -2.00. The molecule has 2 N–H and O–H groups in total. The number of benzene rings is 3. The van der Waals surface area contributed by atoms with Gasteiger partial charge >= 0.3 is 0 Å². The van der Waals surface area contributed by atoms with Gasteiger partial charge in [0, 0.05) is 11.4 Å². The van der Waals surface area contributed by atoms with Crippen LogP contribution < -0.4 is 10.1 Å². The minimum atomic E-state index is 0.272. The Bertz CT molecular complexity index is 788. The average molecular weight is 337 g/mol. The molecule has 3 nitrogen and oxygen atoms in total. The highest BCUT2D eigenvalue weighted by Crippen LogP contribution is 2.40. The molecule has 0 atom stereocenters. The molecule has 0 saturated carbocycles. The quantitative estimate of drug-likeness (QED) is 0.651. The standard InChI is InChI=1S/C20H19NO2S/c1-23-16-10-12-17(13-11-16)24-20-18(8-5-9-19(20)22)21-14-15-6-3-2-4-7-15/h2-13,21-22H,14H2,1H3. The highest BCUT2D eigenvalue weighted by Gasteiger charge is 2.10. The van der Waals surface area contributed by atoms with Crippen molar-refractivity contribution in [2.75, 3.05) is 12.4 Å². The van der Waals surface area contributed by atoms with E-state index in [2.05, 4.69) is 17.4 Å². The highest BCUT2D eigenvalue weighted by atomic mass is 32.2. The largest absolute Gasteiger partial charge is 0.507 e. The van der Waals surface area contributed by atoms with E-state index in [1.165, 1.54) is 17.3 Å². The smallest absolute Gasteiger partial charge is 0.131 e. The van der Waals surface area contributed by atoms with Gasteiger partial charge in [-0.1, -0.05) is 48.2 Å². The molecule has 0 aliphatic rings. The summed E-state index contributed by atoms with van der Waals surface area (Å²) in [7, 11) is 1.65. The lowest BCUT2D eigenvalue weighted by atomic mass is 10.2. The van der Waals surface area contributed by atoms with Crippen LogP contribution >= 0.6 is 11.8 Å². The normalized spacial score (nSPS) is 10.4. The van der Waals surface area contributed by atoms with E-state index >= 15 is 0 Å².